The second kappa shape index (κ2) is 9.04. The molecule has 2 saturated carbocycles. The molecule has 4 aliphatic carbocycles. The number of fused-ring (bicyclic) bond motifs is 4. The van der Waals surface area contributed by atoms with Crippen LogP contribution in [0.25, 0.3) is 5.57 Å². The fraction of sp³-hybridized carbons (Fsp3) is 0.697. The lowest BCUT2D eigenvalue weighted by Gasteiger charge is -2.54. The molecule has 204 valence electrons. The van der Waals surface area contributed by atoms with Gasteiger partial charge in [-0.15, -0.1) is 0 Å². The van der Waals surface area contributed by atoms with Gasteiger partial charge in [-0.3, -0.25) is 4.59 Å². The van der Waals surface area contributed by atoms with Gasteiger partial charge >= 0.3 is 0 Å². The number of allylic oxidation sites excluding steroid dienone is 4. The van der Waals surface area contributed by atoms with Crippen molar-refractivity contribution in [2.75, 3.05) is 21.1 Å². The highest BCUT2D eigenvalue weighted by atomic mass is 28.3. The van der Waals surface area contributed by atoms with E-state index in [2.05, 4.69) is 110 Å². The third kappa shape index (κ3) is 4.52. The van der Waals surface area contributed by atoms with Gasteiger partial charge in [0.25, 0.3) is 0 Å². The molecular formula is C33H55N2Si2+. The number of hydrogen-bond acceptors (Lipinski definition) is 1. The molecule has 0 aromatic heterocycles. The zero-order valence-corrected chi connectivity index (χ0v) is 27.9. The molecule has 0 amide bonds. The lowest BCUT2D eigenvalue weighted by Crippen LogP contribution is -2.69. The number of hydrogen-bond donors (Lipinski definition) is 0. The Morgan fingerprint density at radius 1 is 0.919 bits per heavy atom. The summed E-state index contributed by atoms with van der Waals surface area (Å²) in [5.74, 6) is 2.18. The fourth-order valence-electron chi connectivity index (χ4n) is 9.44. The zero-order valence-electron chi connectivity index (χ0n) is 25.9. The number of nitrogens with zero attached hydrogens (tertiary/aromatic N) is 2. The first-order valence-electron chi connectivity index (χ1n) is 15.3. The molecule has 2 fully saturated rings. The predicted molar refractivity (Wildman–Crippen MR) is 167 cm³/mol. The van der Waals surface area contributed by atoms with Crippen LogP contribution in [-0.4, -0.2) is 52.8 Å². The second-order valence-electron chi connectivity index (χ2n) is 16.0. The average molecular weight is 536 g/mol. The molecule has 2 nitrogen and oxygen atoms in total. The van der Waals surface area contributed by atoms with Crippen molar-refractivity contribution in [2.45, 2.75) is 109 Å². The van der Waals surface area contributed by atoms with Gasteiger partial charge in [0.2, 0.25) is 0 Å². The van der Waals surface area contributed by atoms with E-state index < -0.39 is 16.3 Å². The summed E-state index contributed by atoms with van der Waals surface area (Å²) in [5, 5.41) is 1.60. The van der Waals surface area contributed by atoms with E-state index >= 15 is 0 Å². The molecule has 5 rings (SSSR count). The van der Waals surface area contributed by atoms with E-state index in [9.17, 15) is 0 Å². The van der Waals surface area contributed by atoms with Crippen LogP contribution in [0, 0.1) is 17.8 Å². The minimum Gasteiger partial charge on any atom is -0.258 e. The van der Waals surface area contributed by atoms with Crippen LogP contribution < -0.4 is 5.19 Å². The first-order chi connectivity index (χ1) is 17.0. The van der Waals surface area contributed by atoms with Crippen molar-refractivity contribution >= 4 is 27.1 Å². The van der Waals surface area contributed by atoms with E-state index in [0.717, 1.165) is 22.1 Å². The Morgan fingerprint density at radius 2 is 1.57 bits per heavy atom. The lowest BCUT2D eigenvalue weighted by molar-refractivity contribution is -0.975. The summed E-state index contributed by atoms with van der Waals surface area (Å²) >= 11 is 0. The fourth-order valence-corrected chi connectivity index (χ4v) is 16.5. The maximum atomic E-state index is 3.07. The summed E-state index contributed by atoms with van der Waals surface area (Å²) in [4.78, 5) is 0. The van der Waals surface area contributed by atoms with Gasteiger partial charge in [-0.05, 0) is 64.8 Å². The van der Waals surface area contributed by atoms with Crippen LogP contribution in [0.4, 0.5) is 0 Å². The molecule has 37 heavy (non-hydrogen) atoms. The van der Waals surface area contributed by atoms with Gasteiger partial charge in [-0.25, -0.2) is 0 Å². The van der Waals surface area contributed by atoms with Gasteiger partial charge < -0.3 is 0 Å². The minimum atomic E-state index is -1.76. The second-order valence-corrected chi connectivity index (χ2v) is 25.5. The summed E-state index contributed by atoms with van der Waals surface area (Å²) < 4.78 is 4.07. The normalized spacial score (nSPS) is 30.1. The minimum absolute atomic E-state index is 0.104. The van der Waals surface area contributed by atoms with E-state index in [-0.39, 0.29) is 5.41 Å². The lowest BCUT2D eigenvalue weighted by atomic mass is 9.76. The first-order valence-corrected chi connectivity index (χ1v) is 21.8. The van der Waals surface area contributed by atoms with Crippen molar-refractivity contribution < 1.29 is 4.59 Å². The van der Waals surface area contributed by atoms with Gasteiger partial charge in [-0.1, -0.05) is 108 Å². The van der Waals surface area contributed by atoms with Crippen molar-refractivity contribution in [1.82, 2.24) is 4.67 Å². The smallest absolute Gasteiger partial charge is 0.191 e. The average Bonchev–Trinajstić information content (AvgIpc) is 3.22. The molecule has 4 heteroatoms. The molecule has 4 unspecified atom stereocenters. The largest absolute Gasteiger partial charge is 0.258 e. The molecule has 0 saturated heterocycles. The van der Waals surface area contributed by atoms with Crippen molar-refractivity contribution in [1.29, 1.82) is 0 Å². The molecule has 0 N–H and O–H groups in total. The maximum absolute atomic E-state index is 3.07. The Labute approximate surface area is 230 Å². The topological polar surface area (TPSA) is 3.24 Å². The summed E-state index contributed by atoms with van der Waals surface area (Å²) in [5.41, 5.74) is 7.23. The van der Waals surface area contributed by atoms with E-state index in [4.69, 9.17) is 0 Å². The van der Waals surface area contributed by atoms with Gasteiger partial charge in [0.1, 0.15) is 0 Å². The third-order valence-corrected chi connectivity index (χ3v) is 17.5. The maximum Gasteiger partial charge on any atom is 0.191 e. The van der Waals surface area contributed by atoms with Crippen LogP contribution >= 0.6 is 0 Å². The standard InChI is InChI=1S/C33H55N2Si2/c1-23-19-24-20-29-27-18-17-26(36(7,8)9)21-30(27)33(2,3)31(29)22-28(24)32(23)37(10,11)34(35(4,5)6)25-15-13-12-14-16-25/h17-18,20-25,28,32H,12-16,19H2,1-11H3/q+1. The quantitative estimate of drug-likeness (QED) is 0.210. The van der Waals surface area contributed by atoms with Crippen LogP contribution in [-0.2, 0) is 5.41 Å². The van der Waals surface area contributed by atoms with E-state index in [1.165, 1.54) is 44.1 Å². The van der Waals surface area contributed by atoms with Crippen LogP contribution in [0.2, 0.25) is 38.3 Å². The highest BCUT2D eigenvalue weighted by molar-refractivity contribution is 6.88. The highest BCUT2D eigenvalue weighted by Gasteiger charge is 2.57. The SMILES string of the molecule is CC1CC2C=C3C(=CC2C1[Si](C)(C)N(C1CCCCC1)[N+](C)(C)C)C(C)(C)c1cc([Si](C)(C)C)ccc13. The summed E-state index contributed by atoms with van der Waals surface area (Å²) in [6.45, 7) is 20.5. The molecule has 0 heterocycles. The number of rotatable bonds is 5. The Morgan fingerprint density at radius 3 is 2.16 bits per heavy atom. The van der Waals surface area contributed by atoms with Crippen LogP contribution in [0.15, 0.2) is 35.9 Å². The van der Waals surface area contributed by atoms with E-state index in [1.807, 2.05) is 0 Å². The zero-order chi connectivity index (χ0) is 27.1. The molecule has 1 aromatic carbocycles. The molecule has 4 atom stereocenters. The third-order valence-electron chi connectivity index (χ3n) is 10.7. The summed E-state index contributed by atoms with van der Waals surface area (Å²) in [6, 6.07) is 8.29. The monoisotopic (exact) mass is 535 g/mol. The van der Waals surface area contributed by atoms with Gasteiger partial charge in [0.05, 0.1) is 29.2 Å². The first kappa shape index (κ1) is 27.6. The van der Waals surface area contributed by atoms with Gasteiger partial charge in [0.15, 0.2) is 8.24 Å². The molecule has 0 radical (unpaired) electrons. The molecule has 4 aliphatic rings. The Kier molecular flexibility index (Phi) is 6.75. The Hall–Kier alpha value is -0.946. The molecule has 0 bridgehead atoms. The van der Waals surface area contributed by atoms with Gasteiger partial charge in [-0.2, -0.15) is 4.67 Å². The highest BCUT2D eigenvalue weighted by Crippen LogP contribution is 2.60. The molecule has 0 spiro atoms. The van der Waals surface area contributed by atoms with E-state index in [1.54, 1.807) is 21.9 Å². The van der Waals surface area contributed by atoms with Crippen LogP contribution in [0.1, 0.15) is 70.4 Å². The number of quaternary nitrogens is 1. The van der Waals surface area contributed by atoms with Crippen LogP contribution in [0.3, 0.4) is 0 Å². The Bertz CT molecular complexity index is 1110. The molecule has 0 aliphatic heterocycles. The van der Waals surface area contributed by atoms with Gasteiger partial charge in [0, 0.05) is 11.5 Å². The van der Waals surface area contributed by atoms with Crippen molar-refractivity contribution in [3.63, 3.8) is 0 Å². The van der Waals surface area contributed by atoms with Crippen LogP contribution in [0.5, 0.6) is 0 Å². The van der Waals surface area contributed by atoms with E-state index in [0.29, 0.717) is 11.8 Å². The van der Waals surface area contributed by atoms with Crippen molar-refractivity contribution in [3.8, 4) is 0 Å². The summed E-state index contributed by atoms with van der Waals surface area (Å²) in [7, 11) is 4.24. The molecular weight excluding hydrogens is 481 g/mol. The molecule has 1 aromatic rings. The van der Waals surface area contributed by atoms with Crippen molar-refractivity contribution in [3.05, 3.63) is 47.1 Å². The number of benzene rings is 1. The predicted octanol–water partition coefficient (Wildman–Crippen LogP) is 7.95. The summed E-state index contributed by atoms with van der Waals surface area (Å²) in [6.07, 6.45) is 14.0. The Balaban J connectivity index is 1.55. The van der Waals surface area contributed by atoms with Crippen molar-refractivity contribution in [2.24, 2.45) is 17.8 Å².